The fraction of sp³-hybridized carbons (Fsp3) is 0.333. The minimum Gasteiger partial charge on any atom is -0.507 e. The molecule has 1 fully saturated rings. The lowest BCUT2D eigenvalue weighted by molar-refractivity contribution is 0.0495. The molecular weight excluding hydrogens is 414 g/mol. The number of fused-ring (bicyclic) bond motifs is 1. The highest BCUT2D eigenvalue weighted by molar-refractivity contribution is 6.30. The van der Waals surface area contributed by atoms with Crippen LogP contribution in [0.1, 0.15) is 51.6 Å². The van der Waals surface area contributed by atoms with Crippen molar-refractivity contribution in [3.63, 3.8) is 0 Å². The lowest BCUT2D eigenvalue weighted by Crippen LogP contribution is -2.36. The molecule has 0 aliphatic carbocycles. The van der Waals surface area contributed by atoms with Gasteiger partial charge < -0.3 is 14.7 Å². The van der Waals surface area contributed by atoms with Crippen LogP contribution >= 0.6 is 11.6 Å². The van der Waals surface area contributed by atoms with Gasteiger partial charge in [-0.15, -0.1) is 0 Å². The first-order chi connectivity index (χ1) is 14.9. The van der Waals surface area contributed by atoms with Crippen LogP contribution in [0.4, 0.5) is 0 Å². The fourth-order valence-corrected chi connectivity index (χ4v) is 4.95. The smallest absolute Gasteiger partial charge is 0.273 e. The number of aromatic amines is 1. The van der Waals surface area contributed by atoms with Crippen molar-refractivity contribution in [2.24, 2.45) is 0 Å². The Labute approximate surface area is 185 Å². The predicted octanol–water partition coefficient (Wildman–Crippen LogP) is 4.78. The number of hydrogen-bond donors (Lipinski definition) is 2. The Morgan fingerprint density at radius 2 is 2.03 bits per heavy atom. The van der Waals surface area contributed by atoms with Crippen molar-refractivity contribution in [1.82, 2.24) is 15.1 Å². The second-order valence-electron chi connectivity index (χ2n) is 8.38. The van der Waals surface area contributed by atoms with E-state index < -0.39 is 0 Å². The molecule has 0 saturated carbocycles. The Morgan fingerprint density at radius 3 is 2.71 bits per heavy atom. The Morgan fingerprint density at radius 1 is 1.26 bits per heavy atom. The van der Waals surface area contributed by atoms with Crippen molar-refractivity contribution in [2.45, 2.75) is 38.8 Å². The van der Waals surface area contributed by atoms with Crippen LogP contribution in [0.3, 0.4) is 0 Å². The quantitative estimate of drug-likeness (QED) is 0.615. The van der Waals surface area contributed by atoms with Crippen LogP contribution in [0, 0.1) is 13.8 Å². The van der Waals surface area contributed by atoms with Crippen LogP contribution < -0.4 is 0 Å². The van der Waals surface area contributed by atoms with E-state index in [1.807, 2.05) is 49.1 Å². The minimum absolute atomic E-state index is 0.0219. The van der Waals surface area contributed by atoms with Crippen molar-refractivity contribution in [3.05, 3.63) is 69.4 Å². The third-order valence-corrected chi connectivity index (χ3v) is 6.42. The van der Waals surface area contributed by atoms with Crippen molar-refractivity contribution in [1.29, 1.82) is 0 Å². The summed E-state index contributed by atoms with van der Waals surface area (Å²) >= 11 is 6.13. The number of phenols is 1. The minimum atomic E-state index is -0.335. The maximum Gasteiger partial charge on any atom is 0.273 e. The Balaban J connectivity index is 1.66. The Kier molecular flexibility index (Phi) is 4.99. The Bertz CT molecular complexity index is 1130. The molecule has 0 bridgehead atoms. The average Bonchev–Trinajstić information content (AvgIpc) is 3.43. The monoisotopic (exact) mass is 437 g/mol. The standard InChI is InChI=1S/C24H24ClN3O3/c1-13-10-14(2)19(18(29)11-13)21-20-22(27-26-21)24(30)28(12-17-4-3-9-31-17)23(20)15-5-7-16(25)8-6-15/h5-8,10-11,17,23,29H,3-4,9,12H2,1-2H3,(H,26,27). The number of carbonyl (C=O) groups is 1. The first-order valence-corrected chi connectivity index (χ1v) is 10.9. The highest BCUT2D eigenvalue weighted by atomic mass is 35.5. The summed E-state index contributed by atoms with van der Waals surface area (Å²) in [6.07, 6.45) is 1.97. The van der Waals surface area contributed by atoms with Gasteiger partial charge in [0.25, 0.3) is 5.91 Å². The average molecular weight is 438 g/mol. The highest BCUT2D eigenvalue weighted by Crippen LogP contribution is 2.46. The molecule has 31 heavy (non-hydrogen) atoms. The molecular formula is C24H24ClN3O3. The summed E-state index contributed by atoms with van der Waals surface area (Å²) in [5.74, 6) is 0.0557. The lowest BCUT2D eigenvalue weighted by atomic mass is 9.93. The van der Waals surface area contributed by atoms with Crippen LogP contribution in [0.25, 0.3) is 11.3 Å². The van der Waals surface area contributed by atoms with Gasteiger partial charge in [0.1, 0.15) is 17.1 Å². The molecule has 0 spiro atoms. The Hall–Kier alpha value is -2.83. The number of rotatable bonds is 4. The van der Waals surface area contributed by atoms with E-state index in [9.17, 15) is 9.90 Å². The number of amides is 1. The van der Waals surface area contributed by atoms with Gasteiger partial charge in [-0.3, -0.25) is 9.89 Å². The number of hydrogen-bond acceptors (Lipinski definition) is 4. The van der Waals surface area contributed by atoms with Crippen molar-refractivity contribution >= 4 is 17.5 Å². The molecule has 1 aromatic heterocycles. The van der Waals surface area contributed by atoms with Crippen molar-refractivity contribution < 1.29 is 14.6 Å². The van der Waals surface area contributed by atoms with Crippen LogP contribution in [0.15, 0.2) is 36.4 Å². The summed E-state index contributed by atoms with van der Waals surface area (Å²) in [6.45, 7) is 5.12. The number of ether oxygens (including phenoxy) is 1. The van der Waals surface area contributed by atoms with Crippen LogP contribution in [0.5, 0.6) is 5.75 Å². The maximum atomic E-state index is 13.4. The van der Waals surface area contributed by atoms with E-state index in [1.165, 1.54) is 0 Å². The van der Waals surface area contributed by atoms with Gasteiger partial charge in [-0.25, -0.2) is 0 Å². The number of H-pyrrole nitrogens is 1. The number of aryl methyl sites for hydroxylation is 2. The molecule has 1 saturated heterocycles. The van der Waals surface area contributed by atoms with Gasteiger partial charge in [-0.1, -0.05) is 29.8 Å². The second-order valence-corrected chi connectivity index (χ2v) is 8.82. The van der Waals surface area contributed by atoms with Crippen molar-refractivity contribution in [2.75, 3.05) is 13.2 Å². The molecule has 7 heteroatoms. The molecule has 160 valence electrons. The van der Waals surface area contributed by atoms with Crippen LogP contribution in [-0.4, -0.2) is 45.4 Å². The molecule has 2 N–H and O–H groups in total. The molecule has 0 radical (unpaired) electrons. The summed E-state index contributed by atoms with van der Waals surface area (Å²) in [5, 5.41) is 18.8. The number of halogens is 1. The summed E-state index contributed by atoms with van der Waals surface area (Å²) < 4.78 is 5.83. The van der Waals surface area contributed by atoms with Crippen molar-refractivity contribution in [3.8, 4) is 17.0 Å². The van der Waals surface area contributed by atoms with Gasteiger partial charge in [0, 0.05) is 29.3 Å². The zero-order valence-electron chi connectivity index (χ0n) is 17.5. The van der Waals surface area contributed by atoms with Gasteiger partial charge >= 0.3 is 0 Å². The van der Waals surface area contributed by atoms with Crippen LogP contribution in [-0.2, 0) is 4.74 Å². The zero-order chi connectivity index (χ0) is 21.7. The fourth-order valence-electron chi connectivity index (χ4n) is 4.83. The highest BCUT2D eigenvalue weighted by Gasteiger charge is 2.43. The van der Waals surface area contributed by atoms with Gasteiger partial charge in [0.2, 0.25) is 0 Å². The van der Waals surface area contributed by atoms with E-state index in [0.717, 1.165) is 41.7 Å². The third-order valence-electron chi connectivity index (χ3n) is 6.17. The molecule has 2 atom stereocenters. The summed E-state index contributed by atoms with van der Waals surface area (Å²) in [4.78, 5) is 15.3. The third kappa shape index (κ3) is 3.40. The zero-order valence-corrected chi connectivity index (χ0v) is 18.2. The number of aromatic hydroxyl groups is 1. The number of phenolic OH excluding ortho intramolecular Hbond substituents is 1. The van der Waals surface area contributed by atoms with E-state index in [4.69, 9.17) is 16.3 Å². The molecule has 2 aliphatic heterocycles. The molecule has 3 heterocycles. The number of nitrogens with one attached hydrogen (secondary N) is 1. The van der Waals surface area contributed by atoms with Gasteiger partial charge in [0.15, 0.2) is 0 Å². The van der Waals surface area contributed by atoms with E-state index in [0.29, 0.717) is 28.5 Å². The normalized spacial score (nSPS) is 20.5. The molecule has 5 rings (SSSR count). The van der Waals surface area contributed by atoms with E-state index >= 15 is 0 Å². The van der Waals surface area contributed by atoms with E-state index in [-0.39, 0.29) is 23.8 Å². The molecule has 3 aromatic rings. The van der Waals surface area contributed by atoms with Gasteiger partial charge in [-0.05, 0) is 61.6 Å². The number of carbonyl (C=O) groups excluding carboxylic acids is 1. The lowest BCUT2D eigenvalue weighted by Gasteiger charge is -2.28. The molecule has 2 aliphatic rings. The largest absolute Gasteiger partial charge is 0.507 e. The topological polar surface area (TPSA) is 78.5 Å². The second kappa shape index (κ2) is 7.70. The number of nitrogens with zero attached hydrogens (tertiary/aromatic N) is 2. The SMILES string of the molecule is Cc1cc(C)c(-c2n[nH]c3c2C(c2ccc(Cl)cc2)N(CC2CCCO2)C3=O)c(O)c1. The van der Waals surface area contributed by atoms with E-state index in [2.05, 4.69) is 10.2 Å². The molecule has 1 amide bonds. The first kappa shape index (κ1) is 20.1. The molecule has 2 aromatic carbocycles. The summed E-state index contributed by atoms with van der Waals surface area (Å²) in [6, 6.07) is 10.9. The predicted molar refractivity (Wildman–Crippen MR) is 118 cm³/mol. The van der Waals surface area contributed by atoms with Crippen LogP contribution in [0.2, 0.25) is 5.02 Å². The van der Waals surface area contributed by atoms with Gasteiger partial charge in [0.05, 0.1) is 12.1 Å². The molecule has 6 nitrogen and oxygen atoms in total. The van der Waals surface area contributed by atoms with E-state index in [1.54, 1.807) is 6.07 Å². The summed E-state index contributed by atoms with van der Waals surface area (Å²) in [5.41, 5.74) is 5.33. The molecule has 2 unspecified atom stereocenters. The first-order valence-electron chi connectivity index (χ1n) is 10.5. The van der Waals surface area contributed by atoms with Gasteiger partial charge in [-0.2, -0.15) is 5.10 Å². The maximum absolute atomic E-state index is 13.4. The summed E-state index contributed by atoms with van der Waals surface area (Å²) in [7, 11) is 0. The number of aromatic nitrogens is 2. The number of benzene rings is 2.